The Morgan fingerprint density at radius 1 is 0.680 bits per heavy atom. The summed E-state index contributed by atoms with van der Waals surface area (Å²) in [5.41, 5.74) is 2.80. The molecule has 0 aliphatic heterocycles. The molecule has 0 saturated heterocycles. The molecule has 3 aromatic rings. The summed E-state index contributed by atoms with van der Waals surface area (Å²) >= 11 is 0. The Bertz CT molecular complexity index is 824. The van der Waals surface area contributed by atoms with Crippen LogP contribution in [0, 0.1) is 0 Å². The number of ether oxygens (including phenoxy) is 4. The van der Waals surface area contributed by atoms with Crippen molar-refractivity contribution < 1.29 is 23.4 Å². The first-order valence-corrected chi connectivity index (χ1v) is 7.74. The number of hydrogen-bond acceptors (Lipinski definition) is 5. The standard InChI is InChI=1S/C20H20O5/c1-21-15-7-5-13(6-8-15)19-16(9-10-25-19)14-11-17(22-2)20(24-4)18(12-14)23-3/h5-12H,1-4H3. The Balaban J connectivity index is 2.10. The van der Waals surface area contributed by atoms with Gasteiger partial charge in [0.1, 0.15) is 11.5 Å². The van der Waals surface area contributed by atoms with E-state index in [1.165, 1.54) is 0 Å². The lowest BCUT2D eigenvalue weighted by Gasteiger charge is -2.14. The molecule has 0 fully saturated rings. The van der Waals surface area contributed by atoms with Gasteiger partial charge < -0.3 is 23.4 Å². The third-order valence-corrected chi connectivity index (χ3v) is 3.99. The van der Waals surface area contributed by atoms with E-state index in [0.29, 0.717) is 17.2 Å². The Morgan fingerprint density at radius 2 is 1.32 bits per heavy atom. The van der Waals surface area contributed by atoms with Gasteiger partial charge in [-0.05, 0) is 48.0 Å². The number of methoxy groups -OCH3 is 4. The summed E-state index contributed by atoms with van der Waals surface area (Å²) in [6.07, 6.45) is 1.66. The van der Waals surface area contributed by atoms with Crippen molar-refractivity contribution in [3.63, 3.8) is 0 Å². The normalized spacial score (nSPS) is 10.4. The second kappa shape index (κ2) is 7.21. The van der Waals surface area contributed by atoms with Crippen molar-refractivity contribution in [1.29, 1.82) is 0 Å². The zero-order valence-electron chi connectivity index (χ0n) is 14.7. The fourth-order valence-electron chi connectivity index (χ4n) is 2.74. The highest BCUT2D eigenvalue weighted by Gasteiger charge is 2.18. The van der Waals surface area contributed by atoms with Gasteiger partial charge in [0.15, 0.2) is 11.5 Å². The van der Waals surface area contributed by atoms with Crippen molar-refractivity contribution in [2.24, 2.45) is 0 Å². The minimum absolute atomic E-state index is 0.559. The molecule has 0 unspecified atom stereocenters. The van der Waals surface area contributed by atoms with Gasteiger partial charge in [0.05, 0.1) is 34.7 Å². The number of benzene rings is 2. The molecule has 0 aliphatic rings. The van der Waals surface area contributed by atoms with Gasteiger partial charge in [-0.25, -0.2) is 0 Å². The Hall–Kier alpha value is -3.08. The summed E-state index contributed by atoms with van der Waals surface area (Å²) in [4.78, 5) is 0. The highest BCUT2D eigenvalue weighted by molar-refractivity contribution is 5.82. The average molecular weight is 340 g/mol. The number of furan rings is 1. The first-order valence-electron chi connectivity index (χ1n) is 7.74. The van der Waals surface area contributed by atoms with Crippen LogP contribution in [-0.4, -0.2) is 28.4 Å². The van der Waals surface area contributed by atoms with Crippen LogP contribution < -0.4 is 18.9 Å². The number of hydrogen-bond donors (Lipinski definition) is 0. The van der Waals surface area contributed by atoms with E-state index < -0.39 is 0 Å². The lowest BCUT2D eigenvalue weighted by atomic mass is 10.0. The van der Waals surface area contributed by atoms with Crippen LogP contribution in [0.25, 0.3) is 22.5 Å². The third-order valence-electron chi connectivity index (χ3n) is 3.99. The third kappa shape index (κ3) is 3.13. The molecule has 5 nitrogen and oxygen atoms in total. The zero-order valence-corrected chi connectivity index (χ0v) is 14.7. The smallest absolute Gasteiger partial charge is 0.203 e. The minimum Gasteiger partial charge on any atom is -0.497 e. The summed E-state index contributed by atoms with van der Waals surface area (Å²) in [6, 6.07) is 13.4. The molecule has 0 amide bonds. The van der Waals surface area contributed by atoms with Crippen LogP contribution in [0.1, 0.15) is 0 Å². The number of rotatable bonds is 6. The molecule has 1 heterocycles. The molecular weight excluding hydrogens is 320 g/mol. The fraction of sp³-hybridized carbons (Fsp3) is 0.200. The van der Waals surface area contributed by atoms with E-state index in [9.17, 15) is 0 Å². The van der Waals surface area contributed by atoms with E-state index in [-0.39, 0.29) is 0 Å². The van der Waals surface area contributed by atoms with E-state index in [0.717, 1.165) is 28.2 Å². The highest BCUT2D eigenvalue weighted by atomic mass is 16.5. The average Bonchev–Trinajstić information content (AvgIpc) is 3.16. The fourth-order valence-corrected chi connectivity index (χ4v) is 2.74. The molecule has 0 aliphatic carbocycles. The van der Waals surface area contributed by atoms with Gasteiger partial charge in [-0.2, -0.15) is 0 Å². The van der Waals surface area contributed by atoms with Crippen molar-refractivity contribution >= 4 is 0 Å². The predicted octanol–water partition coefficient (Wildman–Crippen LogP) is 4.65. The topological polar surface area (TPSA) is 50.1 Å². The first-order chi connectivity index (χ1) is 12.2. The van der Waals surface area contributed by atoms with E-state index in [2.05, 4.69) is 0 Å². The van der Waals surface area contributed by atoms with E-state index in [1.807, 2.05) is 42.5 Å². The van der Waals surface area contributed by atoms with Crippen LogP contribution >= 0.6 is 0 Å². The maximum Gasteiger partial charge on any atom is 0.203 e. The monoisotopic (exact) mass is 340 g/mol. The van der Waals surface area contributed by atoms with E-state index in [1.54, 1.807) is 34.7 Å². The molecule has 130 valence electrons. The molecule has 1 aromatic heterocycles. The molecule has 0 bridgehead atoms. The van der Waals surface area contributed by atoms with Gasteiger partial charge in [-0.1, -0.05) is 0 Å². The van der Waals surface area contributed by atoms with Gasteiger partial charge in [-0.3, -0.25) is 0 Å². The summed E-state index contributed by atoms with van der Waals surface area (Å²) in [7, 11) is 6.42. The lowest BCUT2D eigenvalue weighted by molar-refractivity contribution is 0.324. The highest BCUT2D eigenvalue weighted by Crippen LogP contribution is 2.43. The SMILES string of the molecule is COc1ccc(-c2occc2-c2cc(OC)c(OC)c(OC)c2)cc1. The van der Waals surface area contributed by atoms with Crippen LogP contribution in [0.2, 0.25) is 0 Å². The molecule has 2 aromatic carbocycles. The lowest BCUT2D eigenvalue weighted by Crippen LogP contribution is -1.95. The van der Waals surface area contributed by atoms with Crippen LogP contribution in [-0.2, 0) is 0 Å². The van der Waals surface area contributed by atoms with E-state index >= 15 is 0 Å². The van der Waals surface area contributed by atoms with Crippen molar-refractivity contribution in [3.8, 4) is 45.4 Å². The minimum atomic E-state index is 0.559. The second-order valence-corrected chi connectivity index (χ2v) is 5.31. The van der Waals surface area contributed by atoms with Crippen molar-refractivity contribution in [2.75, 3.05) is 28.4 Å². The Labute approximate surface area is 146 Å². The molecule has 25 heavy (non-hydrogen) atoms. The van der Waals surface area contributed by atoms with Gasteiger partial charge in [-0.15, -0.1) is 0 Å². The Kier molecular flexibility index (Phi) is 4.84. The molecule has 5 heteroatoms. The summed E-state index contributed by atoms with van der Waals surface area (Å²) in [5.74, 6) is 3.31. The molecule has 3 rings (SSSR count). The van der Waals surface area contributed by atoms with Crippen LogP contribution in [0.4, 0.5) is 0 Å². The van der Waals surface area contributed by atoms with E-state index in [4.69, 9.17) is 23.4 Å². The molecule has 0 saturated carbocycles. The van der Waals surface area contributed by atoms with Crippen molar-refractivity contribution in [2.45, 2.75) is 0 Å². The summed E-state index contributed by atoms with van der Waals surface area (Å²) < 4.78 is 27.2. The van der Waals surface area contributed by atoms with Crippen LogP contribution in [0.15, 0.2) is 53.1 Å². The molecule has 0 atom stereocenters. The van der Waals surface area contributed by atoms with Gasteiger partial charge in [0.25, 0.3) is 0 Å². The maximum atomic E-state index is 5.73. The van der Waals surface area contributed by atoms with Gasteiger partial charge >= 0.3 is 0 Å². The van der Waals surface area contributed by atoms with Gasteiger partial charge in [0.2, 0.25) is 5.75 Å². The predicted molar refractivity (Wildman–Crippen MR) is 95.8 cm³/mol. The van der Waals surface area contributed by atoms with Crippen LogP contribution in [0.3, 0.4) is 0 Å². The molecular formula is C20H20O5. The Morgan fingerprint density at radius 3 is 1.84 bits per heavy atom. The zero-order chi connectivity index (χ0) is 17.8. The van der Waals surface area contributed by atoms with Crippen molar-refractivity contribution in [3.05, 3.63) is 48.7 Å². The first kappa shape index (κ1) is 16.8. The molecule has 0 spiro atoms. The molecule has 0 radical (unpaired) electrons. The summed E-state index contributed by atoms with van der Waals surface area (Å²) in [5, 5.41) is 0. The quantitative estimate of drug-likeness (QED) is 0.654. The van der Waals surface area contributed by atoms with Gasteiger partial charge in [0, 0.05) is 11.1 Å². The summed E-state index contributed by atoms with van der Waals surface area (Å²) in [6.45, 7) is 0. The molecule has 0 N–H and O–H groups in total. The van der Waals surface area contributed by atoms with Crippen LogP contribution in [0.5, 0.6) is 23.0 Å². The largest absolute Gasteiger partial charge is 0.497 e. The second-order valence-electron chi connectivity index (χ2n) is 5.31. The van der Waals surface area contributed by atoms with Crippen molar-refractivity contribution in [1.82, 2.24) is 0 Å². The maximum absolute atomic E-state index is 5.73.